The molecule has 3 rings (SSSR count). The number of rotatable bonds is 4. The summed E-state index contributed by atoms with van der Waals surface area (Å²) in [5, 5.41) is 7.42. The summed E-state index contributed by atoms with van der Waals surface area (Å²) in [5.74, 6) is -0.463. The lowest BCUT2D eigenvalue weighted by Crippen LogP contribution is -2.33. The van der Waals surface area contributed by atoms with Crippen LogP contribution in [0.4, 0.5) is 14.9 Å². The average Bonchev–Trinajstić information content (AvgIpc) is 3.10. The minimum absolute atomic E-state index is 0.156. The Hall–Kier alpha value is -2.66. The van der Waals surface area contributed by atoms with Crippen molar-refractivity contribution in [3.8, 4) is 0 Å². The van der Waals surface area contributed by atoms with Crippen LogP contribution in [0.3, 0.4) is 0 Å². The van der Waals surface area contributed by atoms with E-state index < -0.39 is 11.8 Å². The molecule has 0 unspecified atom stereocenters. The molecular formula is C18H15FN2OS. The van der Waals surface area contributed by atoms with Crippen LogP contribution in [0.1, 0.15) is 16.5 Å². The van der Waals surface area contributed by atoms with Gasteiger partial charge in [0.05, 0.1) is 11.7 Å². The smallest absolute Gasteiger partial charge is 0.320 e. The van der Waals surface area contributed by atoms with Crippen LogP contribution in [0.15, 0.2) is 72.1 Å². The molecule has 1 aromatic heterocycles. The van der Waals surface area contributed by atoms with Gasteiger partial charge in [-0.25, -0.2) is 9.18 Å². The van der Waals surface area contributed by atoms with E-state index in [1.54, 1.807) is 23.5 Å². The van der Waals surface area contributed by atoms with Crippen molar-refractivity contribution < 1.29 is 9.18 Å². The summed E-state index contributed by atoms with van der Waals surface area (Å²) in [5.41, 5.74) is 1.13. The number of para-hydroxylation sites is 1. The highest BCUT2D eigenvalue weighted by atomic mass is 32.1. The van der Waals surface area contributed by atoms with Crippen LogP contribution >= 0.6 is 11.3 Å². The van der Waals surface area contributed by atoms with Crippen molar-refractivity contribution in [2.75, 3.05) is 5.32 Å². The molecule has 0 saturated carbocycles. The molecule has 3 nitrogen and oxygen atoms in total. The molecule has 23 heavy (non-hydrogen) atoms. The number of anilines is 1. The first-order valence-electron chi connectivity index (χ1n) is 7.14. The lowest BCUT2D eigenvalue weighted by atomic mass is 10.1. The summed E-state index contributed by atoms with van der Waals surface area (Å²) in [4.78, 5) is 13.3. The zero-order valence-electron chi connectivity index (χ0n) is 12.2. The molecule has 1 heterocycles. The second kappa shape index (κ2) is 7.07. The Balaban J connectivity index is 1.79. The van der Waals surface area contributed by atoms with Gasteiger partial charge in [0.15, 0.2) is 0 Å². The van der Waals surface area contributed by atoms with Gasteiger partial charge in [0, 0.05) is 4.88 Å². The van der Waals surface area contributed by atoms with Crippen molar-refractivity contribution in [3.05, 3.63) is 88.4 Å². The first-order chi connectivity index (χ1) is 11.2. The molecule has 2 aromatic carbocycles. The molecule has 2 amide bonds. The fourth-order valence-corrected chi connectivity index (χ4v) is 3.07. The maximum absolute atomic E-state index is 13.6. The molecule has 0 spiro atoms. The number of hydrogen-bond acceptors (Lipinski definition) is 2. The molecule has 0 saturated heterocycles. The van der Waals surface area contributed by atoms with Gasteiger partial charge in [-0.3, -0.25) is 0 Å². The minimum atomic E-state index is -0.463. The molecule has 0 fully saturated rings. The van der Waals surface area contributed by atoms with E-state index in [-0.39, 0.29) is 11.7 Å². The van der Waals surface area contributed by atoms with Crippen molar-refractivity contribution in [3.63, 3.8) is 0 Å². The molecule has 0 bridgehead atoms. The number of thiophene rings is 1. The Morgan fingerprint density at radius 3 is 2.39 bits per heavy atom. The van der Waals surface area contributed by atoms with Crippen LogP contribution in [0.2, 0.25) is 0 Å². The standard InChI is InChI=1S/C18H15FN2OS/c19-14-9-4-5-10-15(14)20-18(22)21-17(16-11-6-12-23-16)13-7-2-1-3-8-13/h1-12,17H,(H2,20,21,22)/t17-/m0/s1. The molecule has 0 radical (unpaired) electrons. The Morgan fingerprint density at radius 2 is 1.70 bits per heavy atom. The summed E-state index contributed by atoms with van der Waals surface area (Å²) in [6.45, 7) is 0. The molecule has 0 aliphatic carbocycles. The Bertz CT molecular complexity index is 775. The lowest BCUT2D eigenvalue weighted by Gasteiger charge is -2.18. The Morgan fingerprint density at radius 1 is 0.957 bits per heavy atom. The van der Waals surface area contributed by atoms with Crippen molar-refractivity contribution >= 4 is 23.1 Å². The summed E-state index contributed by atoms with van der Waals surface area (Å²) in [7, 11) is 0. The molecule has 3 aromatic rings. The number of carbonyl (C=O) groups is 1. The first kappa shape index (κ1) is 15.2. The number of amides is 2. The fraction of sp³-hybridized carbons (Fsp3) is 0.0556. The van der Waals surface area contributed by atoms with Gasteiger partial charge in [-0.05, 0) is 29.1 Å². The highest BCUT2D eigenvalue weighted by molar-refractivity contribution is 7.10. The van der Waals surface area contributed by atoms with Gasteiger partial charge in [-0.15, -0.1) is 11.3 Å². The molecule has 5 heteroatoms. The monoisotopic (exact) mass is 326 g/mol. The summed E-state index contributed by atoms with van der Waals surface area (Å²) in [6.07, 6.45) is 0. The first-order valence-corrected chi connectivity index (χ1v) is 8.02. The average molecular weight is 326 g/mol. The van der Waals surface area contributed by atoms with E-state index in [1.807, 2.05) is 47.8 Å². The van der Waals surface area contributed by atoms with Crippen molar-refractivity contribution in [1.29, 1.82) is 0 Å². The number of urea groups is 1. The van der Waals surface area contributed by atoms with E-state index in [1.165, 1.54) is 12.1 Å². The lowest BCUT2D eigenvalue weighted by molar-refractivity contribution is 0.250. The third kappa shape index (κ3) is 3.76. The van der Waals surface area contributed by atoms with Crippen molar-refractivity contribution in [1.82, 2.24) is 5.32 Å². The molecule has 0 aliphatic rings. The van der Waals surface area contributed by atoms with Gasteiger partial charge in [-0.2, -0.15) is 0 Å². The number of nitrogens with one attached hydrogen (secondary N) is 2. The van der Waals surface area contributed by atoms with E-state index in [9.17, 15) is 9.18 Å². The zero-order chi connectivity index (χ0) is 16.1. The number of benzene rings is 2. The van der Waals surface area contributed by atoms with Gasteiger partial charge < -0.3 is 10.6 Å². The van der Waals surface area contributed by atoms with E-state index in [2.05, 4.69) is 10.6 Å². The number of halogens is 1. The molecule has 116 valence electrons. The maximum Gasteiger partial charge on any atom is 0.320 e. The Kier molecular flexibility index (Phi) is 4.68. The van der Waals surface area contributed by atoms with Gasteiger partial charge in [0.2, 0.25) is 0 Å². The van der Waals surface area contributed by atoms with Crippen LogP contribution in [-0.2, 0) is 0 Å². The van der Waals surface area contributed by atoms with E-state index in [4.69, 9.17) is 0 Å². The van der Waals surface area contributed by atoms with Crippen molar-refractivity contribution in [2.45, 2.75) is 6.04 Å². The second-order valence-corrected chi connectivity index (χ2v) is 5.92. The SMILES string of the molecule is O=C(Nc1ccccc1F)N[C@@H](c1ccccc1)c1cccs1. The van der Waals surface area contributed by atoms with E-state index in [0.29, 0.717) is 0 Å². The molecule has 0 aliphatic heterocycles. The van der Waals surface area contributed by atoms with Crippen LogP contribution in [0.25, 0.3) is 0 Å². The third-order valence-corrected chi connectivity index (χ3v) is 4.30. The summed E-state index contributed by atoms with van der Waals surface area (Å²) in [6, 6.07) is 18.9. The van der Waals surface area contributed by atoms with Crippen molar-refractivity contribution in [2.24, 2.45) is 0 Å². The van der Waals surface area contributed by atoms with Gasteiger partial charge in [0.1, 0.15) is 5.82 Å². The molecule has 1 atom stereocenters. The maximum atomic E-state index is 13.6. The highest BCUT2D eigenvalue weighted by Crippen LogP contribution is 2.26. The predicted molar refractivity (Wildman–Crippen MR) is 91.2 cm³/mol. The van der Waals surface area contributed by atoms with Gasteiger partial charge in [-0.1, -0.05) is 48.5 Å². The van der Waals surface area contributed by atoms with Crippen LogP contribution < -0.4 is 10.6 Å². The second-order valence-electron chi connectivity index (χ2n) is 4.94. The molecule has 2 N–H and O–H groups in total. The largest absolute Gasteiger partial charge is 0.326 e. The molecular weight excluding hydrogens is 311 g/mol. The number of hydrogen-bond donors (Lipinski definition) is 2. The fourth-order valence-electron chi connectivity index (χ4n) is 2.27. The third-order valence-electron chi connectivity index (χ3n) is 3.36. The minimum Gasteiger partial charge on any atom is -0.326 e. The normalized spacial score (nSPS) is 11.7. The van der Waals surface area contributed by atoms with Gasteiger partial charge in [0.25, 0.3) is 0 Å². The van der Waals surface area contributed by atoms with E-state index >= 15 is 0 Å². The Labute approximate surface area is 137 Å². The number of carbonyl (C=O) groups excluding carboxylic acids is 1. The highest BCUT2D eigenvalue weighted by Gasteiger charge is 2.18. The van der Waals surface area contributed by atoms with Crippen LogP contribution in [0, 0.1) is 5.82 Å². The summed E-state index contributed by atoms with van der Waals surface area (Å²) < 4.78 is 13.6. The van der Waals surface area contributed by atoms with Crippen LogP contribution in [-0.4, -0.2) is 6.03 Å². The summed E-state index contributed by atoms with van der Waals surface area (Å²) >= 11 is 1.56. The zero-order valence-corrected chi connectivity index (χ0v) is 13.0. The topological polar surface area (TPSA) is 41.1 Å². The van der Waals surface area contributed by atoms with Crippen LogP contribution in [0.5, 0.6) is 0 Å². The van der Waals surface area contributed by atoms with Gasteiger partial charge >= 0.3 is 6.03 Å². The van der Waals surface area contributed by atoms with E-state index in [0.717, 1.165) is 10.4 Å². The predicted octanol–water partition coefficient (Wildman–Crippen LogP) is 4.80. The quantitative estimate of drug-likeness (QED) is 0.710.